The zero-order valence-electron chi connectivity index (χ0n) is 8.57. The Morgan fingerprint density at radius 1 is 1.57 bits per heavy atom. The lowest BCUT2D eigenvalue weighted by molar-refractivity contribution is 0.276. The zero-order chi connectivity index (χ0) is 10.7. The lowest BCUT2D eigenvalue weighted by Crippen LogP contribution is -2.11. The molecule has 0 spiro atoms. The first-order chi connectivity index (χ1) is 6.56. The molecule has 0 fully saturated rings. The highest BCUT2D eigenvalue weighted by molar-refractivity contribution is 6.29. The van der Waals surface area contributed by atoms with Crippen molar-refractivity contribution in [1.29, 1.82) is 0 Å². The smallest absolute Gasteiger partial charge is 0.109 e. The molecule has 0 bridgehead atoms. The van der Waals surface area contributed by atoms with Gasteiger partial charge in [-0.05, 0) is 31.9 Å². The number of nitrogens with zero attached hydrogens (tertiary/aromatic N) is 1. The Morgan fingerprint density at radius 3 is 2.64 bits per heavy atom. The van der Waals surface area contributed by atoms with E-state index in [2.05, 4.69) is 13.8 Å². The van der Waals surface area contributed by atoms with Crippen molar-refractivity contribution >= 4 is 11.6 Å². The number of nitrogens with two attached hydrogens (primary N) is 1. The molecule has 1 atom stereocenters. The summed E-state index contributed by atoms with van der Waals surface area (Å²) in [6.45, 7) is 4.23. The van der Waals surface area contributed by atoms with Gasteiger partial charge in [0.1, 0.15) is 5.15 Å². The summed E-state index contributed by atoms with van der Waals surface area (Å²) in [5.74, 6) is 0. The van der Waals surface area contributed by atoms with E-state index < -0.39 is 0 Å². The molecule has 1 aromatic heterocycles. The maximum atomic E-state index is 8.76. The monoisotopic (exact) mass is 216 g/mol. The van der Waals surface area contributed by atoms with Crippen LogP contribution in [0.25, 0.3) is 0 Å². The van der Waals surface area contributed by atoms with Gasteiger partial charge in [-0.1, -0.05) is 11.6 Å². The molecular weight excluding hydrogens is 200 g/mol. The molecular formula is C10H17ClN2O. The van der Waals surface area contributed by atoms with Crippen LogP contribution >= 0.6 is 11.6 Å². The molecule has 1 heterocycles. The van der Waals surface area contributed by atoms with Crippen LogP contribution in [0.3, 0.4) is 0 Å². The van der Waals surface area contributed by atoms with Crippen LogP contribution < -0.4 is 5.73 Å². The van der Waals surface area contributed by atoms with Crippen molar-refractivity contribution in [3.05, 3.63) is 23.0 Å². The number of rotatable bonds is 4. The number of halogens is 1. The second kappa shape index (κ2) is 4.82. The first-order valence-corrected chi connectivity index (χ1v) is 5.17. The van der Waals surface area contributed by atoms with E-state index in [1.165, 1.54) is 0 Å². The minimum absolute atomic E-state index is 0.103. The molecule has 4 heteroatoms. The first-order valence-electron chi connectivity index (χ1n) is 4.80. The van der Waals surface area contributed by atoms with Gasteiger partial charge in [0.25, 0.3) is 0 Å². The number of aliphatic hydroxyl groups excluding tert-OH is 1. The van der Waals surface area contributed by atoms with Gasteiger partial charge < -0.3 is 15.4 Å². The molecule has 80 valence electrons. The summed E-state index contributed by atoms with van der Waals surface area (Å²) >= 11 is 6.03. The standard InChI is InChI=1S/C10H17ClN2O/c1-7(2)13-6-8(5-10(13)11)9(12)3-4-14/h5-7,9,14H,3-4,12H2,1-2H3. The van der Waals surface area contributed by atoms with Crippen LogP contribution in [0.1, 0.15) is 37.9 Å². The molecule has 0 saturated heterocycles. The molecule has 3 nitrogen and oxygen atoms in total. The second-order valence-electron chi connectivity index (χ2n) is 3.72. The summed E-state index contributed by atoms with van der Waals surface area (Å²) in [5, 5.41) is 9.46. The van der Waals surface area contributed by atoms with Crippen LogP contribution in [-0.2, 0) is 0 Å². The summed E-state index contributed by atoms with van der Waals surface area (Å²) in [5.41, 5.74) is 6.84. The van der Waals surface area contributed by atoms with Crippen LogP contribution in [0.4, 0.5) is 0 Å². The van der Waals surface area contributed by atoms with E-state index in [4.69, 9.17) is 22.4 Å². The number of aromatic nitrogens is 1. The molecule has 0 radical (unpaired) electrons. The van der Waals surface area contributed by atoms with E-state index >= 15 is 0 Å². The van der Waals surface area contributed by atoms with Crippen molar-refractivity contribution in [3.8, 4) is 0 Å². The van der Waals surface area contributed by atoms with Gasteiger partial charge in [0.05, 0.1) is 0 Å². The van der Waals surface area contributed by atoms with Crippen molar-refractivity contribution in [2.75, 3.05) is 6.61 Å². The molecule has 0 amide bonds. The molecule has 1 unspecified atom stereocenters. The molecule has 0 aromatic carbocycles. The maximum Gasteiger partial charge on any atom is 0.109 e. The third kappa shape index (κ3) is 2.50. The van der Waals surface area contributed by atoms with Gasteiger partial charge in [-0.25, -0.2) is 0 Å². The van der Waals surface area contributed by atoms with Gasteiger partial charge >= 0.3 is 0 Å². The Morgan fingerprint density at radius 2 is 2.21 bits per heavy atom. The molecule has 3 N–H and O–H groups in total. The van der Waals surface area contributed by atoms with Crippen molar-refractivity contribution < 1.29 is 5.11 Å². The van der Waals surface area contributed by atoms with Crippen LogP contribution in [0.5, 0.6) is 0 Å². The fourth-order valence-electron chi connectivity index (χ4n) is 1.38. The van der Waals surface area contributed by atoms with Gasteiger partial charge in [-0.15, -0.1) is 0 Å². The molecule has 1 aromatic rings. The van der Waals surface area contributed by atoms with E-state index in [9.17, 15) is 0 Å². The van der Waals surface area contributed by atoms with Crippen LogP contribution in [0.2, 0.25) is 5.15 Å². The Labute approximate surface area is 89.5 Å². The number of hydrogen-bond acceptors (Lipinski definition) is 2. The highest BCUT2D eigenvalue weighted by Crippen LogP contribution is 2.23. The fourth-order valence-corrected chi connectivity index (χ4v) is 1.75. The Bertz CT molecular complexity index is 296. The largest absolute Gasteiger partial charge is 0.396 e. The van der Waals surface area contributed by atoms with Gasteiger partial charge in [0, 0.05) is 24.9 Å². The molecule has 0 saturated carbocycles. The summed E-state index contributed by atoms with van der Waals surface area (Å²) in [6, 6.07) is 2.07. The van der Waals surface area contributed by atoms with E-state index in [0.717, 1.165) is 5.56 Å². The number of aliphatic hydroxyl groups is 1. The molecule has 14 heavy (non-hydrogen) atoms. The Balaban J connectivity index is 2.85. The average Bonchev–Trinajstić information content (AvgIpc) is 2.48. The van der Waals surface area contributed by atoms with Gasteiger partial charge in [-0.3, -0.25) is 0 Å². The minimum Gasteiger partial charge on any atom is -0.396 e. The van der Waals surface area contributed by atoms with Gasteiger partial charge in [0.15, 0.2) is 0 Å². The van der Waals surface area contributed by atoms with Crippen molar-refractivity contribution in [3.63, 3.8) is 0 Å². The van der Waals surface area contributed by atoms with E-state index in [-0.39, 0.29) is 12.6 Å². The maximum absolute atomic E-state index is 8.76. The first kappa shape index (κ1) is 11.6. The summed E-state index contributed by atoms with van der Waals surface area (Å²) in [7, 11) is 0. The van der Waals surface area contributed by atoms with Crippen molar-refractivity contribution in [2.45, 2.75) is 32.4 Å². The topological polar surface area (TPSA) is 51.2 Å². The molecule has 0 aliphatic carbocycles. The van der Waals surface area contributed by atoms with Crippen LogP contribution in [0.15, 0.2) is 12.3 Å². The molecule has 0 aliphatic rings. The predicted octanol–water partition coefficient (Wildman–Crippen LogP) is 2.10. The van der Waals surface area contributed by atoms with Crippen molar-refractivity contribution in [1.82, 2.24) is 4.57 Å². The molecule has 0 aliphatic heterocycles. The van der Waals surface area contributed by atoms with E-state index in [0.29, 0.717) is 17.6 Å². The van der Waals surface area contributed by atoms with Crippen molar-refractivity contribution in [2.24, 2.45) is 5.73 Å². The summed E-state index contributed by atoms with van der Waals surface area (Å²) < 4.78 is 1.97. The van der Waals surface area contributed by atoms with E-state index in [1.54, 1.807) is 0 Å². The Kier molecular flexibility index (Phi) is 3.98. The fraction of sp³-hybridized carbons (Fsp3) is 0.600. The Hall–Kier alpha value is -0.510. The van der Waals surface area contributed by atoms with Gasteiger partial charge in [0.2, 0.25) is 0 Å². The highest BCUT2D eigenvalue weighted by Gasteiger charge is 2.11. The average molecular weight is 217 g/mol. The highest BCUT2D eigenvalue weighted by atomic mass is 35.5. The SMILES string of the molecule is CC(C)n1cc(C(N)CCO)cc1Cl. The minimum atomic E-state index is -0.127. The lowest BCUT2D eigenvalue weighted by Gasteiger charge is -2.09. The quantitative estimate of drug-likeness (QED) is 0.810. The van der Waals surface area contributed by atoms with Crippen LogP contribution in [0, 0.1) is 0 Å². The number of hydrogen-bond donors (Lipinski definition) is 2. The summed E-state index contributed by atoms with van der Waals surface area (Å²) in [6.07, 6.45) is 2.52. The van der Waals surface area contributed by atoms with E-state index in [1.807, 2.05) is 16.8 Å². The lowest BCUT2D eigenvalue weighted by atomic mass is 10.1. The molecule has 1 rings (SSSR count). The third-order valence-corrected chi connectivity index (χ3v) is 2.55. The normalized spacial score (nSPS) is 13.6. The van der Waals surface area contributed by atoms with Gasteiger partial charge in [-0.2, -0.15) is 0 Å². The van der Waals surface area contributed by atoms with Crippen LogP contribution in [-0.4, -0.2) is 16.3 Å². The zero-order valence-corrected chi connectivity index (χ0v) is 9.33. The third-order valence-electron chi connectivity index (χ3n) is 2.25. The predicted molar refractivity (Wildman–Crippen MR) is 58.5 cm³/mol. The summed E-state index contributed by atoms with van der Waals surface area (Å²) in [4.78, 5) is 0. The second-order valence-corrected chi connectivity index (χ2v) is 4.10.